The molecular weight excluding hydrogens is 653 g/mol. The van der Waals surface area contributed by atoms with Crippen LogP contribution in [0.1, 0.15) is 57.3 Å². The van der Waals surface area contributed by atoms with Crippen molar-refractivity contribution in [3.05, 3.63) is 83.7 Å². The van der Waals surface area contributed by atoms with Gasteiger partial charge in [0, 0.05) is 57.1 Å². The predicted octanol–water partition coefficient (Wildman–Crippen LogP) is 6.74. The number of amides is 1. The van der Waals surface area contributed by atoms with Crippen LogP contribution < -0.4 is 5.73 Å². The summed E-state index contributed by atoms with van der Waals surface area (Å²) in [5.41, 5.74) is 7.50. The molecule has 8 nitrogen and oxygen atoms in total. The van der Waals surface area contributed by atoms with Gasteiger partial charge in [-0.05, 0) is 54.1 Å². The van der Waals surface area contributed by atoms with E-state index in [9.17, 15) is 23.9 Å². The third kappa shape index (κ3) is 11.9. The number of aromatic nitrogens is 1. The Morgan fingerprint density at radius 3 is 2.42 bits per heavy atom. The fraction of sp³-hybridized carbons (Fsp3) is 0.472. The number of carbonyl (C=O) groups is 3. The Kier molecular flexibility index (Phi) is 14.9. The quantitative estimate of drug-likeness (QED) is 0.0858. The lowest BCUT2D eigenvalue weighted by molar-refractivity contribution is -0.143. The van der Waals surface area contributed by atoms with E-state index in [1.165, 1.54) is 6.07 Å². The minimum Gasteiger partial charge on any atom is -0.480 e. The molecule has 0 unspecified atom stereocenters. The summed E-state index contributed by atoms with van der Waals surface area (Å²) in [5.74, 6) is -2.67. The number of esters is 1. The molecule has 0 radical (unpaired) electrons. The molecule has 12 heteroatoms. The summed E-state index contributed by atoms with van der Waals surface area (Å²) in [6, 6.07) is 14.2. The summed E-state index contributed by atoms with van der Waals surface area (Å²) in [4.78, 5) is 39.5. The Balaban J connectivity index is 2.00. The maximum atomic E-state index is 15.1. The van der Waals surface area contributed by atoms with E-state index in [1.807, 2.05) is 61.7 Å². The van der Waals surface area contributed by atoms with Crippen LogP contribution in [-0.4, -0.2) is 71.9 Å². The Morgan fingerprint density at radius 1 is 1.06 bits per heavy atom. The molecule has 0 saturated carbocycles. The number of hydrogen-bond acceptors (Lipinski definition) is 6. The Hall–Kier alpha value is -3.48. The van der Waals surface area contributed by atoms with Gasteiger partial charge in [-0.3, -0.25) is 14.4 Å². The van der Waals surface area contributed by atoms with Gasteiger partial charge >= 0.3 is 11.9 Å². The zero-order valence-electron chi connectivity index (χ0n) is 28.6. The summed E-state index contributed by atoms with van der Waals surface area (Å²) in [6.07, 6.45) is 3.06. The third-order valence-corrected chi connectivity index (χ3v) is 10.4. The first-order valence-corrected chi connectivity index (χ1v) is 20.7. The van der Waals surface area contributed by atoms with Gasteiger partial charge in [0.05, 0.1) is 18.4 Å². The number of halogens is 2. The number of nitrogens with zero attached hydrogens (tertiary/aromatic N) is 2. The van der Waals surface area contributed by atoms with Crippen LogP contribution in [0.15, 0.2) is 60.8 Å². The summed E-state index contributed by atoms with van der Waals surface area (Å²) >= 11 is 1.15. The smallest absolute Gasteiger partial charge is 0.321 e. The number of carboxylic acid groups (broad SMARTS) is 1. The highest BCUT2D eigenvalue weighted by atomic mass is 32.2. The Labute approximate surface area is 288 Å². The minimum atomic E-state index is -1.14. The third-order valence-electron chi connectivity index (χ3n) is 7.93. The number of aliphatic carboxylic acids is 1. The average Bonchev–Trinajstić information content (AvgIpc) is 3.41. The van der Waals surface area contributed by atoms with E-state index in [-0.39, 0.29) is 35.4 Å². The second kappa shape index (κ2) is 18.3. The average molecular weight is 702 g/mol. The summed E-state index contributed by atoms with van der Waals surface area (Å²) in [7, 11) is -0.824. The molecule has 3 N–H and O–H groups in total. The fourth-order valence-corrected chi connectivity index (χ4v) is 6.91. The molecule has 48 heavy (non-hydrogen) atoms. The van der Waals surface area contributed by atoms with Gasteiger partial charge in [-0.1, -0.05) is 64.2 Å². The summed E-state index contributed by atoms with van der Waals surface area (Å²) in [5, 5.41) is 9.23. The SMILES string of the molecule is C[SiH](C)CCOC(=O)CCCCN(C(=O)CSC[C@H](N)C(=O)O)[C@@H](c1cc(-c2cc(F)ccc2F)cn1Cc1ccccc1)C(C)(C)C. The zero-order valence-corrected chi connectivity index (χ0v) is 30.6. The van der Waals surface area contributed by atoms with Crippen LogP contribution in [0.3, 0.4) is 0 Å². The number of nitrogens with two attached hydrogens (primary N) is 1. The highest BCUT2D eigenvalue weighted by molar-refractivity contribution is 8.00. The van der Waals surface area contributed by atoms with Crippen LogP contribution in [0.2, 0.25) is 19.1 Å². The molecule has 3 aromatic rings. The van der Waals surface area contributed by atoms with Gasteiger partial charge in [0.1, 0.15) is 17.7 Å². The number of thioether (sulfide) groups is 1. The van der Waals surface area contributed by atoms with Crippen LogP contribution >= 0.6 is 11.8 Å². The van der Waals surface area contributed by atoms with Crippen LogP contribution in [0.4, 0.5) is 8.78 Å². The van der Waals surface area contributed by atoms with Crippen molar-refractivity contribution in [2.75, 3.05) is 24.7 Å². The number of carbonyl (C=O) groups excluding carboxylic acids is 2. The number of carboxylic acids is 1. The number of unbranched alkanes of at least 4 members (excludes halogenated alkanes) is 1. The Bertz CT molecular complexity index is 1510. The molecule has 0 saturated heterocycles. The first-order valence-electron chi connectivity index (χ1n) is 16.4. The summed E-state index contributed by atoms with van der Waals surface area (Å²) < 4.78 is 36.8. The van der Waals surface area contributed by atoms with Gasteiger partial charge in [-0.25, -0.2) is 8.78 Å². The van der Waals surface area contributed by atoms with E-state index in [1.54, 1.807) is 11.1 Å². The number of ether oxygens (including phenoxy) is 1. The molecule has 262 valence electrons. The highest BCUT2D eigenvalue weighted by Crippen LogP contribution is 2.41. The molecule has 1 aromatic heterocycles. The largest absolute Gasteiger partial charge is 0.480 e. The topological polar surface area (TPSA) is 115 Å². The molecule has 0 aliphatic carbocycles. The molecule has 1 heterocycles. The summed E-state index contributed by atoms with van der Waals surface area (Å²) in [6.45, 7) is 11.6. The maximum Gasteiger partial charge on any atom is 0.321 e. The second-order valence-corrected chi connectivity index (χ2v) is 18.0. The molecule has 0 spiro atoms. The monoisotopic (exact) mass is 701 g/mol. The van der Waals surface area contributed by atoms with Gasteiger partial charge in [0.15, 0.2) is 0 Å². The number of benzene rings is 2. The molecular formula is C36H49F2N3O5SSi. The molecule has 2 atom stereocenters. The van der Waals surface area contributed by atoms with Gasteiger partial charge in [-0.2, -0.15) is 0 Å². The van der Waals surface area contributed by atoms with Crippen molar-refractivity contribution in [3.8, 4) is 11.1 Å². The molecule has 0 bridgehead atoms. The first-order chi connectivity index (χ1) is 22.7. The van der Waals surface area contributed by atoms with E-state index in [4.69, 9.17) is 10.5 Å². The molecule has 3 rings (SSSR count). The molecule has 0 aliphatic heterocycles. The highest BCUT2D eigenvalue weighted by Gasteiger charge is 2.37. The maximum absolute atomic E-state index is 15.1. The van der Waals surface area contributed by atoms with Crippen molar-refractivity contribution < 1.29 is 33.0 Å². The van der Waals surface area contributed by atoms with E-state index in [2.05, 4.69) is 13.1 Å². The first kappa shape index (κ1) is 39.0. The lowest BCUT2D eigenvalue weighted by Crippen LogP contribution is -2.44. The van der Waals surface area contributed by atoms with Crippen molar-refractivity contribution in [1.82, 2.24) is 9.47 Å². The van der Waals surface area contributed by atoms with E-state index >= 15 is 4.39 Å². The van der Waals surface area contributed by atoms with Crippen LogP contribution in [-0.2, 0) is 25.7 Å². The van der Waals surface area contributed by atoms with E-state index < -0.39 is 43.9 Å². The Morgan fingerprint density at radius 2 is 1.77 bits per heavy atom. The standard InChI is InChI=1S/C36H49F2N3O5SSi/c1-36(2,3)34(31-19-26(28-20-27(37)14-15-29(28)38)22-40(31)21-25-11-7-6-8-12-25)41(32(42)24-47-23-30(39)35(44)45)16-10-9-13-33(43)46-17-18-48(4)5/h6-8,11-12,14-15,19-20,22,30,34,48H,9-10,13,16-18,21,23-24,39H2,1-5H3,(H,44,45)/t30-,34-/m0/s1. The molecule has 0 fully saturated rings. The molecule has 2 aromatic carbocycles. The van der Waals surface area contributed by atoms with Crippen LogP contribution in [0, 0.1) is 17.0 Å². The lowest BCUT2D eigenvalue weighted by atomic mass is 9.83. The second-order valence-electron chi connectivity index (χ2n) is 13.6. The van der Waals surface area contributed by atoms with Crippen molar-refractivity contribution in [3.63, 3.8) is 0 Å². The lowest BCUT2D eigenvalue weighted by Gasteiger charge is -2.41. The van der Waals surface area contributed by atoms with Crippen molar-refractivity contribution >= 4 is 38.4 Å². The minimum absolute atomic E-state index is 0.000527. The van der Waals surface area contributed by atoms with Gasteiger partial charge in [0.25, 0.3) is 0 Å². The van der Waals surface area contributed by atoms with E-state index in [0.29, 0.717) is 38.1 Å². The number of hydrogen-bond donors (Lipinski definition) is 2. The van der Waals surface area contributed by atoms with Gasteiger partial charge < -0.3 is 25.0 Å². The van der Waals surface area contributed by atoms with Crippen molar-refractivity contribution in [1.29, 1.82) is 0 Å². The van der Waals surface area contributed by atoms with E-state index in [0.717, 1.165) is 41.2 Å². The number of rotatable bonds is 18. The van der Waals surface area contributed by atoms with Crippen molar-refractivity contribution in [2.45, 2.75) is 77.8 Å². The van der Waals surface area contributed by atoms with Crippen LogP contribution in [0.25, 0.3) is 11.1 Å². The van der Waals surface area contributed by atoms with Gasteiger partial charge in [0.2, 0.25) is 5.91 Å². The zero-order chi connectivity index (χ0) is 35.4. The van der Waals surface area contributed by atoms with Crippen molar-refractivity contribution in [2.24, 2.45) is 11.1 Å². The van der Waals surface area contributed by atoms with Gasteiger partial charge in [-0.15, -0.1) is 11.8 Å². The van der Waals surface area contributed by atoms with Crippen LogP contribution in [0.5, 0.6) is 0 Å². The fourth-order valence-electron chi connectivity index (χ4n) is 5.47. The molecule has 0 aliphatic rings. The normalized spacial score (nSPS) is 12.9. The molecule has 1 amide bonds. The predicted molar refractivity (Wildman–Crippen MR) is 191 cm³/mol.